The van der Waals surface area contributed by atoms with Gasteiger partial charge in [0.2, 0.25) is 0 Å². The minimum atomic E-state index is -0.637. The van der Waals surface area contributed by atoms with Gasteiger partial charge in [0.05, 0.1) is 18.3 Å². The highest BCUT2D eigenvalue weighted by molar-refractivity contribution is 6.20. The molecule has 0 N–H and O–H groups in total. The van der Waals surface area contributed by atoms with Crippen LogP contribution in [0.5, 0.6) is 0 Å². The number of hydrogen-bond donors (Lipinski definition) is 0. The number of nitrogens with zero attached hydrogens (tertiary/aromatic N) is 2. The largest absolute Gasteiger partial charge is 0.465 e. The smallest absolute Gasteiger partial charge is 0.341 e. The second-order valence-corrected chi connectivity index (χ2v) is 4.14. The van der Waals surface area contributed by atoms with E-state index >= 15 is 0 Å². The molecule has 0 amide bonds. The van der Waals surface area contributed by atoms with E-state index in [2.05, 4.69) is 9.84 Å². The summed E-state index contributed by atoms with van der Waals surface area (Å²) in [5.74, 6) is -0.969. The number of rotatable bonds is 3. The first-order valence-corrected chi connectivity index (χ1v) is 5.79. The van der Waals surface area contributed by atoms with Gasteiger partial charge in [-0.2, -0.15) is 5.10 Å². The van der Waals surface area contributed by atoms with Gasteiger partial charge in [-0.1, -0.05) is 6.07 Å². The quantitative estimate of drug-likeness (QED) is 0.364. The molecule has 0 fully saturated rings. The second-order valence-electron chi connectivity index (χ2n) is 4.14. The molecule has 0 aliphatic rings. The Morgan fingerprint density at radius 3 is 2.74 bits per heavy atom. The Hall–Kier alpha value is -2.43. The standard InChI is InChI=1S/C14H14N2O3/c1-9-11(8-12(10(2)17)14(18)19-3)13-6-4-5-7-16(13)15-9/h4-8H,1-3H3/b12-8-. The molecule has 0 saturated carbocycles. The number of aromatic nitrogens is 2. The molecule has 0 spiro atoms. The zero-order valence-corrected chi connectivity index (χ0v) is 11.0. The van der Waals surface area contributed by atoms with E-state index in [1.165, 1.54) is 20.1 Å². The van der Waals surface area contributed by atoms with Crippen molar-refractivity contribution in [3.8, 4) is 0 Å². The van der Waals surface area contributed by atoms with Crippen molar-refractivity contribution in [2.45, 2.75) is 13.8 Å². The van der Waals surface area contributed by atoms with Crippen LogP contribution >= 0.6 is 0 Å². The molecule has 2 aromatic heterocycles. The molecule has 19 heavy (non-hydrogen) atoms. The minimum absolute atomic E-state index is 0.0179. The van der Waals surface area contributed by atoms with Gasteiger partial charge in [-0.25, -0.2) is 9.31 Å². The topological polar surface area (TPSA) is 60.7 Å². The first-order chi connectivity index (χ1) is 9.04. The highest BCUT2D eigenvalue weighted by atomic mass is 16.5. The van der Waals surface area contributed by atoms with Crippen LogP contribution in [0.3, 0.4) is 0 Å². The van der Waals surface area contributed by atoms with E-state index in [1.54, 1.807) is 4.52 Å². The van der Waals surface area contributed by atoms with Crippen LogP contribution in [0.15, 0.2) is 30.0 Å². The predicted molar refractivity (Wildman–Crippen MR) is 70.6 cm³/mol. The zero-order valence-electron chi connectivity index (χ0n) is 11.0. The van der Waals surface area contributed by atoms with E-state index in [-0.39, 0.29) is 11.4 Å². The van der Waals surface area contributed by atoms with Crippen LogP contribution < -0.4 is 0 Å². The van der Waals surface area contributed by atoms with Crippen LogP contribution in [0.4, 0.5) is 0 Å². The summed E-state index contributed by atoms with van der Waals surface area (Å²) >= 11 is 0. The summed E-state index contributed by atoms with van der Waals surface area (Å²) in [4.78, 5) is 23.1. The van der Waals surface area contributed by atoms with Crippen LogP contribution in [0.1, 0.15) is 18.2 Å². The van der Waals surface area contributed by atoms with Gasteiger partial charge in [0.1, 0.15) is 5.57 Å². The number of carbonyl (C=O) groups excluding carboxylic acids is 2. The number of pyridine rings is 1. The molecule has 2 heterocycles. The number of aryl methyl sites for hydroxylation is 1. The summed E-state index contributed by atoms with van der Waals surface area (Å²) in [5.41, 5.74) is 2.34. The van der Waals surface area contributed by atoms with Gasteiger partial charge >= 0.3 is 5.97 Å². The number of hydrogen-bond acceptors (Lipinski definition) is 4. The SMILES string of the molecule is COC(=O)/C(=C\c1c(C)nn2ccccc12)C(C)=O. The highest BCUT2D eigenvalue weighted by Crippen LogP contribution is 2.19. The van der Waals surface area contributed by atoms with Crippen molar-refractivity contribution in [1.29, 1.82) is 0 Å². The van der Waals surface area contributed by atoms with Crippen molar-refractivity contribution in [3.63, 3.8) is 0 Å². The summed E-state index contributed by atoms with van der Waals surface area (Å²) in [5, 5.41) is 4.32. The van der Waals surface area contributed by atoms with Crippen LogP contribution in [-0.4, -0.2) is 28.5 Å². The van der Waals surface area contributed by atoms with E-state index in [0.29, 0.717) is 0 Å². The molecule has 0 radical (unpaired) electrons. The molecule has 5 nitrogen and oxygen atoms in total. The molecule has 2 aromatic rings. The zero-order chi connectivity index (χ0) is 14.0. The van der Waals surface area contributed by atoms with Crippen molar-refractivity contribution in [1.82, 2.24) is 9.61 Å². The monoisotopic (exact) mass is 258 g/mol. The van der Waals surface area contributed by atoms with E-state index < -0.39 is 5.97 Å². The maximum Gasteiger partial charge on any atom is 0.341 e. The highest BCUT2D eigenvalue weighted by Gasteiger charge is 2.17. The Morgan fingerprint density at radius 1 is 1.37 bits per heavy atom. The number of Topliss-reactive ketones (excluding diaryl/α,β-unsaturated/α-hetero) is 1. The lowest BCUT2D eigenvalue weighted by Crippen LogP contribution is -2.11. The predicted octanol–water partition coefficient (Wildman–Crippen LogP) is 1.79. The van der Waals surface area contributed by atoms with Crippen molar-refractivity contribution < 1.29 is 14.3 Å². The minimum Gasteiger partial charge on any atom is -0.465 e. The molecular weight excluding hydrogens is 244 g/mol. The van der Waals surface area contributed by atoms with Crippen LogP contribution in [-0.2, 0) is 14.3 Å². The normalized spacial score (nSPS) is 11.6. The van der Waals surface area contributed by atoms with Crippen LogP contribution in [0.2, 0.25) is 0 Å². The van der Waals surface area contributed by atoms with Gasteiger partial charge < -0.3 is 4.74 Å². The van der Waals surface area contributed by atoms with E-state index in [9.17, 15) is 9.59 Å². The number of fused-ring (bicyclic) bond motifs is 1. The molecule has 0 aliphatic carbocycles. The van der Waals surface area contributed by atoms with Gasteiger partial charge in [0.15, 0.2) is 5.78 Å². The van der Waals surface area contributed by atoms with Crippen molar-refractivity contribution >= 4 is 23.3 Å². The fourth-order valence-corrected chi connectivity index (χ4v) is 1.87. The first-order valence-electron chi connectivity index (χ1n) is 5.79. The van der Waals surface area contributed by atoms with Crippen molar-refractivity contribution in [3.05, 3.63) is 41.2 Å². The number of esters is 1. The number of carbonyl (C=O) groups is 2. The number of methoxy groups -OCH3 is 1. The van der Waals surface area contributed by atoms with E-state index in [0.717, 1.165) is 16.8 Å². The summed E-state index contributed by atoms with van der Waals surface area (Å²) in [6.45, 7) is 3.16. The van der Waals surface area contributed by atoms with E-state index in [1.807, 2.05) is 31.3 Å². The van der Waals surface area contributed by atoms with Gasteiger partial charge in [0, 0.05) is 11.8 Å². The molecule has 0 aliphatic heterocycles. The fourth-order valence-electron chi connectivity index (χ4n) is 1.87. The Morgan fingerprint density at radius 2 is 2.11 bits per heavy atom. The Kier molecular flexibility index (Phi) is 3.46. The molecule has 0 aromatic carbocycles. The third-order valence-corrected chi connectivity index (χ3v) is 2.84. The molecule has 98 valence electrons. The maximum absolute atomic E-state index is 11.6. The third kappa shape index (κ3) is 2.40. The third-order valence-electron chi connectivity index (χ3n) is 2.84. The lowest BCUT2D eigenvalue weighted by Gasteiger charge is -2.01. The lowest BCUT2D eigenvalue weighted by molar-refractivity contribution is -0.137. The lowest BCUT2D eigenvalue weighted by atomic mass is 10.1. The molecule has 2 rings (SSSR count). The average molecular weight is 258 g/mol. The van der Waals surface area contributed by atoms with Crippen molar-refractivity contribution in [2.24, 2.45) is 0 Å². The Bertz CT molecular complexity index is 683. The maximum atomic E-state index is 11.6. The molecule has 0 atom stereocenters. The summed E-state index contributed by atoms with van der Waals surface area (Å²) in [7, 11) is 1.25. The summed E-state index contributed by atoms with van der Waals surface area (Å²) in [6.07, 6.45) is 3.34. The van der Waals surface area contributed by atoms with Gasteiger partial charge in [-0.15, -0.1) is 0 Å². The molecule has 0 bridgehead atoms. The molecule has 5 heteroatoms. The average Bonchev–Trinajstić information content (AvgIpc) is 2.70. The second kappa shape index (κ2) is 5.06. The fraction of sp³-hybridized carbons (Fsp3) is 0.214. The summed E-state index contributed by atoms with van der Waals surface area (Å²) < 4.78 is 6.32. The number of ketones is 1. The first kappa shape index (κ1) is 13.0. The number of ether oxygens (including phenoxy) is 1. The Labute approximate surface area is 110 Å². The molecule has 0 unspecified atom stereocenters. The van der Waals surface area contributed by atoms with Gasteiger partial charge in [-0.05, 0) is 32.1 Å². The van der Waals surface area contributed by atoms with E-state index in [4.69, 9.17) is 0 Å². The van der Waals surface area contributed by atoms with Gasteiger partial charge in [-0.3, -0.25) is 4.79 Å². The Balaban J connectivity index is 2.63. The summed E-state index contributed by atoms with van der Waals surface area (Å²) in [6, 6.07) is 5.61. The molecular formula is C14H14N2O3. The molecule has 0 saturated heterocycles. The van der Waals surface area contributed by atoms with Crippen LogP contribution in [0.25, 0.3) is 11.6 Å². The van der Waals surface area contributed by atoms with Gasteiger partial charge in [0.25, 0.3) is 0 Å². The van der Waals surface area contributed by atoms with Crippen molar-refractivity contribution in [2.75, 3.05) is 7.11 Å². The van der Waals surface area contributed by atoms with Crippen LogP contribution in [0, 0.1) is 6.92 Å².